The summed E-state index contributed by atoms with van der Waals surface area (Å²) in [6.07, 6.45) is 14.8. The van der Waals surface area contributed by atoms with E-state index in [-0.39, 0.29) is 19.2 Å². The van der Waals surface area contributed by atoms with E-state index in [1.165, 1.54) is 5.57 Å². The maximum atomic E-state index is 12.7. The summed E-state index contributed by atoms with van der Waals surface area (Å²) in [4.78, 5) is 38.5. The van der Waals surface area contributed by atoms with Gasteiger partial charge in [-0.25, -0.2) is 15.0 Å². The monoisotopic (exact) mass is 403 g/mol. The predicted molar refractivity (Wildman–Crippen MR) is 115 cm³/mol. The number of aromatic nitrogens is 3. The standard InChI is InChI=1S/C22H21N5O2.CH4/c28-20-3-2-15-5-14(8-25-22(15)26-20)1-4-21(29)27-11-17-6-16(7-18(17)12-27)19-9-23-13-24-10-19;/h1,4-6,8-10,13,17-18H,2-3,7,11-12H2,(H,25,26,28);1H4/b4-1+;. The fourth-order valence-electron chi connectivity index (χ4n) is 4.41. The summed E-state index contributed by atoms with van der Waals surface area (Å²) in [6.45, 7) is 1.52. The lowest BCUT2D eigenvalue weighted by Gasteiger charge is -2.16. The number of nitrogens with one attached hydrogen (secondary N) is 1. The summed E-state index contributed by atoms with van der Waals surface area (Å²) < 4.78 is 0. The number of fused-ring (bicyclic) bond motifs is 2. The molecule has 1 N–H and O–H groups in total. The largest absolute Gasteiger partial charge is 0.338 e. The van der Waals surface area contributed by atoms with E-state index >= 15 is 0 Å². The molecule has 2 unspecified atom stereocenters. The fraction of sp³-hybridized carbons (Fsp3) is 0.348. The summed E-state index contributed by atoms with van der Waals surface area (Å²) in [5.74, 6) is 1.53. The van der Waals surface area contributed by atoms with Crippen LogP contribution in [-0.4, -0.2) is 44.8 Å². The summed E-state index contributed by atoms with van der Waals surface area (Å²) in [6, 6.07) is 1.99. The van der Waals surface area contributed by atoms with Crippen molar-refractivity contribution in [1.29, 1.82) is 0 Å². The Morgan fingerprint density at radius 2 is 2.00 bits per heavy atom. The van der Waals surface area contributed by atoms with Crippen LogP contribution in [0.1, 0.15) is 37.0 Å². The highest BCUT2D eigenvalue weighted by atomic mass is 16.2. The van der Waals surface area contributed by atoms with Crippen LogP contribution in [0.15, 0.2) is 43.1 Å². The molecule has 0 saturated carbocycles. The van der Waals surface area contributed by atoms with Crippen LogP contribution in [0.5, 0.6) is 0 Å². The zero-order valence-corrected chi connectivity index (χ0v) is 15.9. The molecule has 2 aromatic heterocycles. The van der Waals surface area contributed by atoms with Gasteiger partial charge < -0.3 is 10.2 Å². The number of pyridine rings is 1. The van der Waals surface area contributed by atoms with Gasteiger partial charge in [0, 0.05) is 49.7 Å². The van der Waals surface area contributed by atoms with Crippen molar-refractivity contribution >= 4 is 29.3 Å². The van der Waals surface area contributed by atoms with Gasteiger partial charge in [0.15, 0.2) is 0 Å². The van der Waals surface area contributed by atoms with Crippen LogP contribution in [0, 0.1) is 11.8 Å². The fourth-order valence-corrected chi connectivity index (χ4v) is 4.41. The van der Waals surface area contributed by atoms with E-state index in [9.17, 15) is 9.59 Å². The second kappa shape index (κ2) is 8.18. The summed E-state index contributed by atoms with van der Waals surface area (Å²) in [5, 5.41) is 2.77. The second-order valence-electron chi connectivity index (χ2n) is 7.85. The van der Waals surface area contributed by atoms with Crippen molar-refractivity contribution in [2.75, 3.05) is 18.4 Å². The molecule has 7 nitrogen and oxygen atoms in total. The van der Waals surface area contributed by atoms with Gasteiger partial charge in [0.05, 0.1) is 0 Å². The predicted octanol–water partition coefficient (Wildman–Crippen LogP) is 2.97. The topological polar surface area (TPSA) is 88.1 Å². The average Bonchev–Trinajstić information content (AvgIpc) is 3.32. The van der Waals surface area contributed by atoms with Crippen LogP contribution in [0.25, 0.3) is 11.6 Å². The molecule has 0 bridgehead atoms. The third kappa shape index (κ3) is 3.87. The van der Waals surface area contributed by atoms with Crippen molar-refractivity contribution in [3.8, 4) is 0 Å². The molecule has 30 heavy (non-hydrogen) atoms. The van der Waals surface area contributed by atoms with Gasteiger partial charge in [0.1, 0.15) is 12.1 Å². The Bertz CT molecular complexity index is 1030. The van der Waals surface area contributed by atoms with Gasteiger partial charge in [-0.1, -0.05) is 13.5 Å². The quantitative estimate of drug-likeness (QED) is 0.796. The number of carbonyl (C=O) groups excluding carboxylic acids is 2. The van der Waals surface area contributed by atoms with Crippen molar-refractivity contribution in [3.05, 3.63) is 59.8 Å². The molecule has 1 aliphatic carbocycles. The number of aryl methyl sites for hydroxylation is 1. The molecule has 154 valence electrons. The molecular formula is C23H25N5O2. The van der Waals surface area contributed by atoms with Crippen molar-refractivity contribution in [3.63, 3.8) is 0 Å². The number of nitrogens with zero attached hydrogens (tertiary/aromatic N) is 4. The van der Waals surface area contributed by atoms with Crippen LogP contribution >= 0.6 is 0 Å². The SMILES string of the molecule is C.O=C1CCc2cc(/C=C/C(=O)N3CC4C=C(c5cncnc5)CC4C3)cnc2N1. The van der Waals surface area contributed by atoms with E-state index in [4.69, 9.17) is 0 Å². The molecule has 2 aliphatic heterocycles. The molecule has 1 saturated heterocycles. The second-order valence-corrected chi connectivity index (χ2v) is 7.85. The van der Waals surface area contributed by atoms with Crippen molar-refractivity contribution in [2.24, 2.45) is 11.8 Å². The first kappa shape index (κ1) is 19.9. The maximum Gasteiger partial charge on any atom is 0.246 e. The minimum atomic E-state index is 0. The first-order valence-electron chi connectivity index (χ1n) is 9.87. The number of likely N-dealkylation sites (tertiary alicyclic amines) is 1. The number of carbonyl (C=O) groups is 2. The Morgan fingerprint density at radius 3 is 2.80 bits per heavy atom. The number of allylic oxidation sites excluding steroid dienone is 1. The first-order valence-corrected chi connectivity index (χ1v) is 9.87. The molecule has 2 aromatic rings. The Labute approximate surface area is 175 Å². The van der Waals surface area contributed by atoms with Gasteiger partial charge in [-0.3, -0.25) is 9.59 Å². The van der Waals surface area contributed by atoms with Crippen LogP contribution in [0.2, 0.25) is 0 Å². The molecule has 0 aromatic carbocycles. The van der Waals surface area contributed by atoms with E-state index in [0.29, 0.717) is 30.5 Å². The Hall–Kier alpha value is -3.35. The van der Waals surface area contributed by atoms with E-state index in [2.05, 4.69) is 26.3 Å². The maximum absolute atomic E-state index is 12.7. The minimum Gasteiger partial charge on any atom is -0.338 e. The van der Waals surface area contributed by atoms with Crippen molar-refractivity contribution in [1.82, 2.24) is 19.9 Å². The number of hydrogen-bond donors (Lipinski definition) is 1. The molecule has 0 spiro atoms. The van der Waals surface area contributed by atoms with Gasteiger partial charge in [-0.15, -0.1) is 0 Å². The zero-order chi connectivity index (χ0) is 19.8. The van der Waals surface area contributed by atoms with E-state index < -0.39 is 0 Å². The lowest BCUT2D eigenvalue weighted by molar-refractivity contribution is -0.125. The molecule has 7 heteroatoms. The van der Waals surface area contributed by atoms with Crippen LogP contribution in [0.3, 0.4) is 0 Å². The summed E-state index contributed by atoms with van der Waals surface area (Å²) >= 11 is 0. The third-order valence-electron chi connectivity index (χ3n) is 5.92. The minimum absolute atomic E-state index is 0. The number of rotatable bonds is 3. The highest BCUT2D eigenvalue weighted by Crippen LogP contribution is 2.40. The molecule has 2 amide bonds. The molecule has 2 atom stereocenters. The number of hydrogen-bond acceptors (Lipinski definition) is 5. The van der Waals surface area contributed by atoms with Gasteiger partial charge in [0.2, 0.25) is 11.8 Å². The molecule has 0 radical (unpaired) electrons. The highest BCUT2D eigenvalue weighted by molar-refractivity contribution is 5.94. The lowest BCUT2D eigenvalue weighted by Crippen LogP contribution is -2.27. The van der Waals surface area contributed by atoms with Crippen molar-refractivity contribution in [2.45, 2.75) is 26.7 Å². The lowest BCUT2D eigenvalue weighted by atomic mass is 9.99. The van der Waals surface area contributed by atoms with Gasteiger partial charge in [0.25, 0.3) is 0 Å². The van der Waals surface area contributed by atoms with Crippen LogP contribution < -0.4 is 5.32 Å². The van der Waals surface area contributed by atoms with E-state index in [1.54, 1.807) is 18.6 Å². The average molecular weight is 403 g/mol. The van der Waals surface area contributed by atoms with Gasteiger partial charge >= 0.3 is 0 Å². The molecular weight excluding hydrogens is 378 g/mol. The Morgan fingerprint density at radius 1 is 1.17 bits per heavy atom. The van der Waals surface area contributed by atoms with Gasteiger partial charge in [-0.05, 0) is 53.5 Å². The molecule has 3 aliphatic rings. The first-order chi connectivity index (χ1) is 14.2. The van der Waals surface area contributed by atoms with Crippen molar-refractivity contribution < 1.29 is 9.59 Å². The van der Waals surface area contributed by atoms with Crippen LogP contribution in [-0.2, 0) is 16.0 Å². The van der Waals surface area contributed by atoms with E-state index in [0.717, 1.165) is 36.2 Å². The number of anilines is 1. The highest BCUT2D eigenvalue weighted by Gasteiger charge is 2.37. The molecule has 4 heterocycles. The Kier molecular flexibility index (Phi) is 5.44. The number of amides is 2. The van der Waals surface area contributed by atoms with Crippen LogP contribution in [0.4, 0.5) is 5.82 Å². The zero-order valence-electron chi connectivity index (χ0n) is 15.9. The van der Waals surface area contributed by atoms with Gasteiger partial charge in [-0.2, -0.15) is 0 Å². The summed E-state index contributed by atoms with van der Waals surface area (Å²) in [5.41, 5.74) is 4.25. The Balaban J connectivity index is 0.00000218. The third-order valence-corrected chi connectivity index (χ3v) is 5.92. The summed E-state index contributed by atoms with van der Waals surface area (Å²) in [7, 11) is 0. The molecule has 1 fully saturated rings. The van der Waals surface area contributed by atoms with E-state index in [1.807, 2.05) is 29.4 Å². The molecule has 5 rings (SSSR count). The smallest absolute Gasteiger partial charge is 0.246 e. The normalized spacial score (nSPS) is 22.2.